The standard InChI is InChI=1S/C45H28N4OS2/c1-3-11-36-30(9-1)25-31-10-2-4-12-37(31)48(36)32-21-17-28(18-22-32)44-46-34-26-43-35(27-42(34)51-44)47-45(52-43)29-19-23-33(24-20-29)49-38-13-5-7-15-40(38)50-41-16-8-6-14-39(41)49/h1-24,26-27H,25H2. The third kappa shape index (κ3) is 4.74. The Morgan fingerprint density at radius 3 is 1.33 bits per heavy atom. The van der Waals surface area contributed by atoms with Gasteiger partial charge in [-0.1, -0.05) is 60.7 Å². The molecule has 4 heterocycles. The van der Waals surface area contributed by atoms with E-state index in [1.54, 1.807) is 22.7 Å². The van der Waals surface area contributed by atoms with Gasteiger partial charge < -0.3 is 14.5 Å². The molecule has 0 unspecified atom stereocenters. The van der Waals surface area contributed by atoms with Crippen LogP contribution < -0.4 is 14.5 Å². The minimum atomic E-state index is 0.847. The molecule has 0 amide bonds. The van der Waals surface area contributed by atoms with Gasteiger partial charge >= 0.3 is 0 Å². The molecule has 52 heavy (non-hydrogen) atoms. The molecule has 0 fully saturated rings. The zero-order chi connectivity index (χ0) is 34.2. The summed E-state index contributed by atoms with van der Waals surface area (Å²) in [5.74, 6) is 1.69. The van der Waals surface area contributed by atoms with Crippen LogP contribution in [0.3, 0.4) is 0 Å². The summed E-state index contributed by atoms with van der Waals surface area (Å²) in [5.41, 5.74) is 13.7. The van der Waals surface area contributed by atoms with E-state index in [9.17, 15) is 0 Å². The summed E-state index contributed by atoms with van der Waals surface area (Å²) in [7, 11) is 0. The van der Waals surface area contributed by atoms with Crippen LogP contribution in [0.4, 0.5) is 34.1 Å². The Labute approximate surface area is 308 Å². The number of nitrogens with zero attached hydrogens (tertiary/aromatic N) is 4. The van der Waals surface area contributed by atoms with Crippen LogP contribution in [0.1, 0.15) is 11.1 Å². The molecule has 11 rings (SSSR count). The lowest BCUT2D eigenvalue weighted by atomic mass is 9.95. The maximum atomic E-state index is 6.21. The fraction of sp³-hybridized carbons (Fsp3) is 0.0222. The van der Waals surface area contributed by atoms with Gasteiger partial charge in [-0.15, -0.1) is 22.7 Å². The molecule has 0 aliphatic carbocycles. The molecule has 0 bridgehead atoms. The molecule has 0 radical (unpaired) electrons. The van der Waals surface area contributed by atoms with Crippen molar-refractivity contribution in [1.29, 1.82) is 0 Å². The van der Waals surface area contributed by atoms with Crippen LogP contribution >= 0.6 is 22.7 Å². The van der Waals surface area contributed by atoms with Crippen molar-refractivity contribution in [3.63, 3.8) is 0 Å². The van der Waals surface area contributed by atoms with E-state index in [-0.39, 0.29) is 0 Å². The van der Waals surface area contributed by atoms with Crippen LogP contribution in [0.25, 0.3) is 41.6 Å². The molecular weight excluding hydrogens is 677 g/mol. The van der Waals surface area contributed by atoms with Crippen molar-refractivity contribution in [2.24, 2.45) is 0 Å². The number of hydrogen-bond donors (Lipinski definition) is 0. The predicted octanol–water partition coefficient (Wildman–Crippen LogP) is 13.2. The molecule has 2 aliphatic heterocycles. The number of rotatable bonds is 4. The lowest BCUT2D eigenvalue weighted by Gasteiger charge is -2.33. The van der Waals surface area contributed by atoms with Gasteiger partial charge in [0.2, 0.25) is 0 Å². The minimum absolute atomic E-state index is 0.847. The molecule has 7 heteroatoms. The second-order valence-corrected chi connectivity index (χ2v) is 15.1. The Bertz CT molecular complexity index is 2490. The Kier molecular flexibility index (Phi) is 6.59. The van der Waals surface area contributed by atoms with Crippen molar-refractivity contribution >= 4 is 77.2 Å². The summed E-state index contributed by atoms with van der Waals surface area (Å²) in [4.78, 5) is 14.8. The molecule has 0 N–H and O–H groups in total. The number of aromatic nitrogens is 2. The summed E-state index contributed by atoms with van der Waals surface area (Å²) < 4.78 is 8.48. The lowest BCUT2D eigenvalue weighted by Crippen LogP contribution is -2.18. The van der Waals surface area contributed by atoms with Gasteiger partial charge in [-0.25, -0.2) is 9.97 Å². The average molecular weight is 705 g/mol. The van der Waals surface area contributed by atoms with Crippen molar-refractivity contribution in [2.75, 3.05) is 9.80 Å². The second-order valence-electron chi connectivity index (χ2n) is 13.1. The first-order valence-corrected chi connectivity index (χ1v) is 18.9. The molecule has 2 aliphatic rings. The molecule has 7 aromatic carbocycles. The topological polar surface area (TPSA) is 41.5 Å². The number of benzene rings is 7. The third-order valence-corrected chi connectivity index (χ3v) is 12.1. The minimum Gasteiger partial charge on any atom is -0.453 e. The maximum Gasteiger partial charge on any atom is 0.151 e. The molecule has 0 saturated heterocycles. The Hall–Kier alpha value is -6.28. The summed E-state index contributed by atoms with van der Waals surface area (Å²) in [5, 5.41) is 2.01. The highest BCUT2D eigenvalue weighted by Gasteiger charge is 2.26. The number of anilines is 6. The maximum absolute atomic E-state index is 6.21. The van der Waals surface area contributed by atoms with E-state index in [0.717, 1.165) is 82.2 Å². The van der Waals surface area contributed by atoms with Gasteiger partial charge in [-0.2, -0.15) is 0 Å². The van der Waals surface area contributed by atoms with Crippen molar-refractivity contribution in [1.82, 2.24) is 9.97 Å². The van der Waals surface area contributed by atoms with E-state index in [2.05, 4.69) is 131 Å². The SMILES string of the molecule is c1ccc2c(c1)Cc1ccccc1N2c1ccc(-c2nc3cc4sc(-c5ccc(N6c7ccccc7Oc7ccccc76)cc5)nc4cc3s2)cc1. The van der Waals surface area contributed by atoms with Crippen molar-refractivity contribution in [2.45, 2.75) is 6.42 Å². The first-order chi connectivity index (χ1) is 25.7. The molecular formula is C45H28N4OS2. The predicted molar refractivity (Wildman–Crippen MR) is 216 cm³/mol. The smallest absolute Gasteiger partial charge is 0.151 e. The van der Waals surface area contributed by atoms with Gasteiger partial charge in [0.15, 0.2) is 11.5 Å². The molecule has 0 atom stereocenters. The Morgan fingerprint density at radius 1 is 0.442 bits per heavy atom. The van der Waals surface area contributed by atoms with E-state index < -0.39 is 0 Å². The summed E-state index contributed by atoms with van der Waals surface area (Å²) in [6.07, 6.45) is 0.951. The van der Waals surface area contributed by atoms with E-state index in [1.165, 1.54) is 22.5 Å². The third-order valence-electron chi connectivity index (χ3n) is 9.92. The van der Waals surface area contributed by atoms with Crippen LogP contribution in [0.2, 0.25) is 0 Å². The van der Waals surface area contributed by atoms with Crippen molar-refractivity contribution in [3.05, 3.63) is 169 Å². The first-order valence-electron chi connectivity index (χ1n) is 17.3. The molecule has 246 valence electrons. The molecule has 0 saturated carbocycles. The number of thiazole rings is 2. The highest BCUT2D eigenvalue weighted by Crippen LogP contribution is 2.50. The van der Waals surface area contributed by atoms with Gasteiger partial charge in [0.25, 0.3) is 0 Å². The second kappa shape index (κ2) is 11.6. The highest BCUT2D eigenvalue weighted by molar-refractivity contribution is 7.23. The molecule has 0 spiro atoms. The fourth-order valence-corrected chi connectivity index (χ4v) is 9.43. The van der Waals surface area contributed by atoms with Crippen LogP contribution in [0.15, 0.2) is 158 Å². The zero-order valence-electron chi connectivity index (χ0n) is 27.7. The monoisotopic (exact) mass is 704 g/mol. The van der Waals surface area contributed by atoms with Crippen LogP contribution in [0.5, 0.6) is 11.5 Å². The van der Waals surface area contributed by atoms with E-state index in [0.29, 0.717) is 0 Å². The fourth-order valence-electron chi connectivity index (χ4n) is 7.46. The molecule has 5 nitrogen and oxygen atoms in total. The van der Waals surface area contributed by atoms with Crippen molar-refractivity contribution < 1.29 is 4.74 Å². The number of para-hydroxylation sites is 6. The number of ether oxygens (including phenoxy) is 1. The summed E-state index contributed by atoms with van der Waals surface area (Å²) in [6.45, 7) is 0. The van der Waals surface area contributed by atoms with Crippen molar-refractivity contribution in [3.8, 4) is 32.6 Å². The number of fused-ring (bicyclic) bond motifs is 6. The Morgan fingerprint density at radius 2 is 0.846 bits per heavy atom. The highest BCUT2D eigenvalue weighted by atomic mass is 32.1. The zero-order valence-corrected chi connectivity index (χ0v) is 29.4. The van der Waals surface area contributed by atoms with Gasteiger partial charge in [-0.3, -0.25) is 0 Å². The molecule has 9 aromatic rings. The van der Waals surface area contributed by atoms with Gasteiger partial charge in [0.05, 0.1) is 31.8 Å². The van der Waals surface area contributed by atoms with E-state index in [4.69, 9.17) is 14.7 Å². The normalized spacial score (nSPS) is 13.0. The number of hydrogen-bond acceptors (Lipinski definition) is 7. The summed E-state index contributed by atoms with van der Waals surface area (Å²) >= 11 is 3.43. The van der Waals surface area contributed by atoms with Crippen LogP contribution in [-0.2, 0) is 6.42 Å². The average Bonchev–Trinajstić information content (AvgIpc) is 3.82. The van der Waals surface area contributed by atoms with Gasteiger partial charge in [0, 0.05) is 40.3 Å². The van der Waals surface area contributed by atoms with Gasteiger partial charge in [0.1, 0.15) is 10.0 Å². The van der Waals surface area contributed by atoms with Crippen LogP contribution in [-0.4, -0.2) is 9.97 Å². The lowest BCUT2D eigenvalue weighted by molar-refractivity contribution is 0.477. The Balaban J connectivity index is 0.885. The van der Waals surface area contributed by atoms with Crippen LogP contribution in [0, 0.1) is 0 Å². The first kappa shape index (κ1) is 29.5. The van der Waals surface area contributed by atoms with E-state index >= 15 is 0 Å². The van der Waals surface area contributed by atoms with E-state index in [1.807, 2.05) is 36.4 Å². The van der Waals surface area contributed by atoms with Gasteiger partial charge in [-0.05, 0) is 108 Å². The largest absolute Gasteiger partial charge is 0.453 e. The molecule has 2 aromatic heterocycles. The quantitative estimate of drug-likeness (QED) is 0.182. The summed E-state index contributed by atoms with van der Waals surface area (Å²) in [6, 6.07) is 55.6.